The maximum Gasteiger partial charge on any atom is 0.303 e. The smallest absolute Gasteiger partial charge is 0.303 e. The van der Waals surface area contributed by atoms with Crippen molar-refractivity contribution >= 4 is 17.6 Å². The normalized spacial score (nSPS) is 11.9. The van der Waals surface area contributed by atoms with Crippen molar-refractivity contribution in [2.75, 3.05) is 11.9 Å². The number of rotatable bonds is 8. The van der Waals surface area contributed by atoms with Crippen LogP contribution in [0.4, 0.5) is 5.69 Å². The number of para-hydroxylation sites is 1. The van der Waals surface area contributed by atoms with Crippen molar-refractivity contribution in [1.82, 2.24) is 0 Å². The first kappa shape index (κ1) is 16.2. The second-order valence-corrected chi connectivity index (χ2v) is 4.81. The Hall–Kier alpha value is -1.88. The molecule has 0 radical (unpaired) electrons. The van der Waals surface area contributed by atoms with Gasteiger partial charge in [-0.25, -0.2) is 0 Å². The minimum atomic E-state index is -0.847. The Morgan fingerprint density at radius 1 is 1.35 bits per heavy atom. The van der Waals surface area contributed by atoms with E-state index in [9.17, 15) is 9.59 Å². The summed E-state index contributed by atoms with van der Waals surface area (Å²) in [7, 11) is 0. The lowest BCUT2D eigenvalue weighted by molar-refractivity contribution is -0.136. The Labute approximate surface area is 119 Å². The SMILES string of the molecule is CCC(CN)CC(=O)Nc1ccccc1CCC(=O)O. The Bertz CT molecular complexity index is 456. The number of aryl methyl sites for hydroxylation is 1. The molecule has 0 bridgehead atoms. The van der Waals surface area contributed by atoms with Crippen molar-refractivity contribution < 1.29 is 14.7 Å². The van der Waals surface area contributed by atoms with Crippen molar-refractivity contribution in [1.29, 1.82) is 0 Å². The zero-order valence-corrected chi connectivity index (χ0v) is 11.8. The summed E-state index contributed by atoms with van der Waals surface area (Å²) in [6.07, 6.45) is 1.71. The van der Waals surface area contributed by atoms with Crippen molar-refractivity contribution in [3.05, 3.63) is 29.8 Å². The average molecular weight is 278 g/mol. The van der Waals surface area contributed by atoms with Gasteiger partial charge in [-0.3, -0.25) is 9.59 Å². The molecule has 0 saturated carbocycles. The number of aliphatic carboxylic acids is 1. The first-order valence-corrected chi connectivity index (χ1v) is 6.86. The molecule has 0 aliphatic carbocycles. The van der Waals surface area contributed by atoms with Gasteiger partial charge in [0, 0.05) is 18.5 Å². The molecule has 110 valence electrons. The fourth-order valence-corrected chi connectivity index (χ4v) is 1.96. The summed E-state index contributed by atoms with van der Waals surface area (Å²) in [4.78, 5) is 22.6. The van der Waals surface area contributed by atoms with Gasteiger partial charge in [-0.1, -0.05) is 31.5 Å². The molecule has 20 heavy (non-hydrogen) atoms. The molecule has 1 unspecified atom stereocenters. The average Bonchev–Trinajstić information content (AvgIpc) is 2.43. The predicted molar refractivity (Wildman–Crippen MR) is 78.5 cm³/mol. The number of nitrogens with one attached hydrogen (secondary N) is 1. The third kappa shape index (κ3) is 5.40. The molecule has 0 fully saturated rings. The van der Waals surface area contributed by atoms with Crippen molar-refractivity contribution in [3.8, 4) is 0 Å². The molecule has 1 atom stereocenters. The second-order valence-electron chi connectivity index (χ2n) is 4.81. The van der Waals surface area contributed by atoms with Crippen molar-refractivity contribution in [2.45, 2.75) is 32.6 Å². The zero-order valence-electron chi connectivity index (χ0n) is 11.8. The Balaban J connectivity index is 2.66. The summed E-state index contributed by atoms with van der Waals surface area (Å²) >= 11 is 0. The van der Waals surface area contributed by atoms with E-state index in [1.54, 1.807) is 6.07 Å². The van der Waals surface area contributed by atoms with E-state index >= 15 is 0 Å². The molecule has 0 heterocycles. The lowest BCUT2D eigenvalue weighted by Crippen LogP contribution is -2.22. The highest BCUT2D eigenvalue weighted by Crippen LogP contribution is 2.18. The fourth-order valence-electron chi connectivity index (χ4n) is 1.96. The largest absolute Gasteiger partial charge is 0.481 e. The van der Waals surface area contributed by atoms with Gasteiger partial charge >= 0.3 is 5.97 Å². The molecule has 0 spiro atoms. The molecule has 0 aliphatic rings. The zero-order chi connectivity index (χ0) is 15.0. The fraction of sp³-hybridized carbons (Fsp3) is 0.467. The summed E-state index contributed by atoms with van der Waals surface area (Å²) in [6.45, 7) is 2.50. The number of hydrogen-bond acceptors (Lipinski definition) is 3. The van der Waals surface area contributed by atoms with E-state index in [2.05, 4.69) is 5.32 Å². The van der Waals surface area contributed by atoms with Gasteiger partial charge in [-0.15, -0.1) is 0 Å². The van der Waals surface area contributed by atoms with Gasteiger partial charge in [-0.05, 0) is 30.5 Å². The molecule has 0 aromatic heterocycles. The maximum absolute atomic E-state index is 11.9. The number of carbonyl (C=O) groups is 2. The van der Waals surface area contributed by atoms with Crippen LogP contribution >= 0.6 is 0 Å². The molecule has 0 aliphatic heterocycles. The number of anilines is 1. The monoisotopic (exact) mass is 278 g/mol. The van der Waals surface area contributed by atoms with Gasteiger partial charge < -0.3 is 16.2 Å². The van der Waals surface area contributed by atoms with Crippen molar-refractivity contribution in [3.63, 3.8) is 0 Å². The summed E-state index contributed by atoms with van der Waals surface area (Å²) in [5, 5.41) is 11.6. The molecule has 1 rings (SSSR count). The Morgan fingerprint density at radius 3 is 2.65 bits per heavy atom. The molecule has 0 saturated heterocycles. The molecule has 5 nitrogen and oxygen atoms in total. The molecule has 1 amide bonds. The lowest BCUT2D eigenvalue weighted by Gasteiger charge is -2.14. The van der Waals surface area contributed by atoms with Gasteiger partial charge in [0.2, 0.25) is 5.91 Å². The Morgan fingerprint density at radius 2 is 2.05 bits per heavy atom. The third-order valence-electron chi connectivity index (χ3n) is 3.28. The highest BCUT2D eigenvalue weighted by molar-refractivity contribution is 5.91. The molecule has 1 aromatic carbocycles. The standard InChI is InChI=1S/C15H22N2O3/c1-2-11(10-16)9-14(18)17-13-6-4-3-5-12(13)7-8-15(19)20/h3-6,11H,2,7-10,16H2,1H3,(H,17,18)(H,19,20). The number of carboxylic acids is 1. The van der Waals surface area contributed by atoms with Crippen LogP contribution in [0.5, 0.6) is 0 Å². The van der Waals surface area contributed by atoms with Crippen LogP contribution in [-0.4, -0.2) is 23.5 Å². The van der Waals surface area contributed by atoms with Gasteiger partial charge in [0.05, 0.1) is 0 Å². The van der Waals surface area contributed by atoms with E-state index in [-0.39, 0.29) is 18.2 Å². The summed E-state index contributed by atoms with van der Waals surface area (Å²) in [6, 6.07) is 7.28. The van der Waals surface area contributed by atoms with Gasteiger partial charge in [0.15, 0.2) is 0 Å². The van der Waals surface area contributed by atoms with Crippen LogP contribution in [0.3, 0.4) is 0 Å². The van der Waals surface area contributed by atoms with E-state index in [1.165, 1.54) is 0 Å². The summed E-state index contributed by atoms with van der Waals surface area (Å²) < 4.78 is 0. The highest BCUT2D eigenvalue weighted by atomic mass is 16.4. The van der Waals surface area contributed by atoms with Crippen LogP contribution < -0.4 is 11.1 Å². The topological polar surface area (TPSA) is 92.4 Å². The van der Waals surface area contributed by atoms with Crippen molar-refractivity contribution in [2.24, 2.45) is 11.7 Å². The molecular formula is C15H22N2O3. The molecule has 5 heteroatoms. The number of carboxylic acid groups (broad SMARTS) is 1. The summed E-state index contributed by atoms with van der Waals surface area (Å²) in [5.74, 6) is -0.744. The third-order valence-corrected chi connectivity index (χ3v) is 3.28. The van der Waals surface area contributed by atoms with Gasteiger partial charge in [0.1, 0.15) is 0 Å². The summed E-state index contributed by atoms with van der Waals surface area (Å²) in [5.41, 5.74) is 7.11. The number of benzene rings is 1. The molecular weight excluding hydrogens is 256 g/mol. The minimum Gasteiger partial charge on any atom is -0.481 e. The number of nitrogens with two attached hydrogens (primary N) is 1. The van der Waals surface area contributed by atoms with E-state index in [0.717, 1.165) is 12.0 Å². The second kappa shape index (κ2) is 8.32. The van der Waals surface area contributed by atoms with Gasteiger partial charge in [-0.2, -0.15) is 0 Å². The van der Waals surface area contributed by atoms with Crippen LogP contribution in [-0.2, 0) is 16.0 Å². The predicted octanol–water partition coefficient (Wildman–Crippen LogP) is 2.02. The quantitative estimate of drug-likeness (QED) is 0.678. The number of carbonyl (C=O) groups excluding carboxylic acids is 1. The van der Waals surface area contributed by atoms with Crippen LogP contribution in [0.15, 0.2) is 24.3 Å². The van der Waals surface area contributed by atoms with Crippen LogP contribution in [0.25, 0.3) is 0 Å². The first-order valence-electron chi connectivity index (χ1n) is 6.86. The molecule has 4 N–H and O–H groups in total. The number of hydrogen-bond donors (Lipinski definition) is 3. The van der Waals surface area contributed by atoms with E-state index in [1.807, 2.05) is 25.1 Å². The van der Waals surface area contributed by atoms with Gasteiger partial charge in [0.25, 0.3) is 0 Å². The van der Waals surface area contributed by atoms with Crippen LogP contribution in [0.1, 0.15) is 31.7 Å². The van der Waals surface area contributed by atoms with E-state index < -0.39 is 5.97 Å². The van der Waals surface area contributed by atoms with Crippen LogP contribution in [0.2, 0.25) is 0 Å². The molecule has 1 aromatic rings. The lowest BCUT2D eigenvalue weighted by atomic mass is 10.0. The van der Waals surface area contributed by atoms with Crippen LogP contribution in [0, 0.1) is 5.92 Å². The highest BCUT2D eigenvalue weighted by Gasteiger charge is 2.12. The Kier molecular flexibility index (Phi) is 6.73. The minimum absolute atomic E-state index is 0.0489. The number of amides is 1. The van der Waals surface area contributed by atoms with E-state index in [0.29, 0.717) is 25.1 Å². The maximum atomic E-state index is 11.9. The van der Waals surface area contributed by atoms with E-state index in [4.69, 9.17) is 10.8 Å². The first-order chi connectivity index (χ1) is 9.56.